The van der Waals surface area contributed by atoms with E-state index in [9.17, 15) is 9.18 Å². The fraction of sp³-hybridized carbons (Fsp3) is 0.167. The van der Waals surface area contributed by atoms with E-state index in [1.54, 1.807) is 17.6 Å². The Bertz CT molecular complexity index is 610. The zero-order valence-electron chi connectivity index (χ0n) is 9.52. The second kappa shape index (κ2) is 4.89. The van der Waals surface area contributed by atoms with Crippen LogP contribution < -0.4 is 0 Å². The number of aromatic carboxylic acids is 1. The fourth-order valence-corrected chi connectivity index (χ4v) is 2.14. The Labute approximate surface area is 111 Å². The average Bonchev–Trinajstić information content (AvgIpc) is 2.64. The van der Waals surface area contributed by atoms with Crippen LogP contribution in [0.5, 0.6) is 0 Å². The molecule has 0 fully saturated rings. The van der Waals surface area contributed by atoms with Gasteiger partial charge in [0, 0.05) is 4.47 Å². The van der Waals surface area contributed by atoms with E-state index in [-0.39, 0.29) is 11.5 Å². The average molecular weight is 313 g/mol. The van der Waals surface area contributed by atoms with Crippen molar-refractivity contribution in [2.75, 3.05) is 0 Å². The first-order valence-electron chi connectivity index (χ1n) is 5.18. The van der Waals surface area contributed by atoms with Crippen LogP contribution >= 0.6 is 15.9 Å². The van der Waals surface area contributed by atoms with E-state index in [0.29, 0.717) is 16.8 Å². The number of aryl methyl sites for hydroxylation is 1. The van der Waals surface area contributed by atoms with Crippen LogP contribution in [-0.4, -0.2) is 20.6 Å². The minimum atomic E-state index is -1.03. The molecule has 0 saturated heterocycles. The molecule has 2 aromatic rings. The summed E-state index contributed by atoms with van der Waals surface area (Å²) in [5.74, 6) is -0.774. The lowest BCUT2D eigenvalue weighted by Gasteiger charge is -2.09. The maximum atomic E-state index is 13.0. The van der Waals surface area contributed by atoms with E-state index < -0.39 is 5.97 Å². The van der Waals surface area contributed by atoms with E-state index in [4.69, 9.17) is 5.11 Å². The van der Waals surface area contributed by atoms with Crippen LogP contribution in [0, 0.1) is 12.7 Å². The molecular weight excluding hydrogens is 303 g/mol. The van der Waals surface area contributed by atoms with Gasteiger partial charge in [-0.25, -0.2) is 14.2 Å². The monoisotopic (exact) mass is 312 g/mol. The van der Waals surface area contributed by atoms with E-state index in [2.05, 4.69) is 20.9 Å². The highest BCUT2D eigenvalue weighted by Gasteiger charge is 2.14. The lowest BCUT2D eigenvalue weighted by Crippen LogP contribution is -2.11. The molecule has 0 saturated carbocycles. The molecule has 18 heavy (non-hydrogen) atoms. The number of imidazole rings is 1. The van der Waals surface area contributed by atoms with Crippen molar-refractivity contribution < 1.29 is 14.3 Å². The third-order valence-corrected chi connectivity index (χ3v) is 3.36. The molecule has 0 unspecified atom stereocenters. The Hall–Kier alpha value is -1.69. The van der Waals surface area contributed by atoms with Crippen LogP contribution in [0.4, 0.5) is 4.39 Å². The molecule has 1 N–H and O–H groups in total. The molecule has 0 aliphatic rings. The molecule has 6 heteroatoms. The minimum absolute atomic E-state index is 0.115. The van der Waals surface area contributed by atoms with Crippen LogP contribution in [-0.2, 0) is 6.54 Å². The predicted molar refractivity (Wildman–Crippen MR) is 67.1 cm³/mol. The molecule has 94 valence electrons. The van der Waals surface area contributed by atoms with Gasteiger partial charge in [0.05, 0.1) is 12.7 Å². The Morgan fingerprint density at radius 1 is 1.56 bits per heavy atom. The van der Waals surface area contributed by atoms with E-state index in [1.807, 2.05) is 0 Å². The van der Waals surface area contributed by atoms with Gasteiger partial charge in [0.25, 0.3) is 0 Å². The third kappa shape index (κ3) is 2.43. The van der Waals surface area contributed by atoms with Gasteiger partial charge in [-0.2, -0.15) is 0 Å². The van der Waals surface area contributed by atoms with Crippen LogP contribution in [0.2, 0.25) is 0 Å². The number of nitrogens with zero attached hydrogens (tertiary/aromatic N) is 2. The number of benzene rings is 1. The number of carbonyl (C=O) groups is 1. The maximum Gasteiger partial charge on any atom is 0.354 e. The van der Waals surface area contributed by atoms with Gasteiger partial charge in [0.1, 0.15) is 17.3 Å². The van der Waals surface area contributed by atoms with Gasteiger partial charge in [-0.05, 0) is 24.6 Å². The molecule has 0 aliphatic heterocycles. The number of aromatic nitrogens is 2. The molecule has 1 heterocycles. The lowest BCUT2D eigenvalue weighted by atomic mass is 10.2. The predicted octanol–water partition coefficient (Wildman–Crippen LogP) is 2.84. The number of rotatable bonds is 3. The van der Waals surface area contributed by atoms with Crippen molar-refractivity contribution in [3.05, 3.63) is 51.8 Å². The van der Waals surface area contributed by atoms with Gasteiger partial charge >= 0.3 is 5.97 Å². The molecule has 2 rings (SSSR count). The topological polar surface area (TPSA) is 55.1 Å². The summed E-state index contributed by atoms with van der Waals surface area (Å²) in [7, 11) is 0. The molecule has 1 aromatic heterocycles. The second-order valence-electron chi connectivity index (χ2n) is 3.82. The third-order valence-electron chi connectivity index (χ3n) is 2.62. The van der Waals surface area contributed by atoms with Crippen molar-refractivity contribution in [2.24, 2.45) is 0 Å². The molecule has 0 spiro atoms. The molecule has 0 atom stereocenters. The molecule has 0 bridgehead atoms. The van der Waals surface area contributed by atoms with Crippen molar-refractivity contribution >= 4 is 21.9 Å². The Morgan fingerprint density at radius 2 is 2.28 bits per heavy atom. The largest absolute Gasteiger partial charge is 0.477 e. The van der Waals surface area contributed by atoms with Crippen LogP contribution in [0.25, 0.3) is 0 Å². The molecule has 0 radical (unpaired) electrons. The second-order valence-corrected chi connectivity index (χ2v) is 4.67. The van der Waals surface area contributed by atoms with Crippen LogP contribution in [0.3, 0.4) is 0 Å². The summed E-state index contributed by atoms with van der Waals surface area (Å²) >= 11 is 3.26. The van der Waals surface area contributed by atoms with Crippen molar-refractivity contribution in [3.8, 4) is 0 Å². The first-order chi connectivity index (χ1) is 8.49. The van der Waals surface area contributed by atoms with Crippen molar-refractivity contribution in [1.29, 1.82) is 0 Å². The highest BCUT2D eigenvalue weighted by atomic mass is 79.9. The Kier molecular flexibility index (Phi) is 3.47. The minimum Gasteiger partial charge on any atom is -0.477 e. The quantitative estimate of drug-likeness (QED) is 0.948. The highest BCUT2D eigenvalue weighted by Crippen LogP contribution is 2.20. The smallest absolute Gasteiger partial charge is 0.354 e. The fourth-order valence-electron chi connectivity index (χ4n) is 1.66. The number of hydrogen-bond donors (Lipinski definition) is 1. The molecule has 0 aliphatic carbocycles. The summed E-state index contributed by atoms with van der Waals surface area (Å²) in [5.41, 5.74) is 0.906. The molecule has 0 amide bonds. The summed E-state index contributed by atoms with van der Waals surface area (Å²) in [6.07, 6.45) is 1.31. The highest BCUT2D eigenvalue weighted by molar-refractivity contribution is 9.10. The summed E-state index contributed by atoms with van der Waals surface area (Å²) in [6.45, 7) is 2.05. The zero-order chi connectivity index (χ0) is 13.3. The standard InChI is InChI=1S/C12H10BrFN2O2/c1-7-15-5-11(12(17)18)16(7)6-8-2-3-9(14)4-10(8)13/h2-5H,6H2,1H3,(H,17,18). The summed E-state index contributed by atoms with van der Waals surface area (Å²) in [4.78, 5) is 15.0. The zero-order valence-corrected chi connectivity index (χ0v) is 11.1. The van der Waals surface area contributed by atoms with E-state index >= 15 is 0 Å². The van der Waals surface area contributed by atoms with Crippen molar-refractivity contribution in [2.45, 2.75) is 13.5 Å². The van der Waals surface area contributed by atoms with E-state index in [1.165, 1.54) is 18.3 Å². The molecule has 1 aromatic carbocycles. The summed E-state index contributed by atoms with van der Waals surface area (Å²) < 4.78 is 15.1. The lowest BCUT2D eigenvalue weighted by molar-refractivity contribution is 0.0685. The first-order valence-corrected chi connectivity index (χ1v) is 5.97. The van der Waals surface area contributed by atoms with Gasteiger partial charge in [-0.3, -0.25) is 0 Å². The number of hydrogen-bond acceptors (Lipinski definition) is 2. The van der Waals surface area contributed by atoms with Gasteiger partial charge < -0.3 is 9.67 Å². The van der Waals surface area contributed by atoms with Gasteiger partial charge in [-0.15, -0.1) is 0 Å². The molecular formula is C12H10BrFN2O2. The van der Waals surface area contributed by atoms with Crippen LogP contribution in [0.15, 0.2) is 28.9 Å². The van der Waals surface area contributed by atoms with Gasteiger partial charge in [0.2, 0.25) is 0 Å². The van der Waals surface area contributed by atoms with Crippen molar-refractivity contribution in [3.63, 3.8) is 0 Å². The number of halogens is 2. The Balaban J connectivity index is 2.39. The normalized spacial score (nSPS) is 10.6. The Morgan fingerprint density at radius 3 is 2.89 bits per heavy atom. The summed E-state index contributed by atoms with van der Waals surface area (Å²) in [6, 6.07) is 4.30. The molecule has 4 nitrogen and oxygen atoms in total. The first kappa shape index (κ1) is 12.8. The van der Waals surface area contributed by atoms with Crippen molar-refractivity contribution in [1.82, 2.24) is 9.55 Å². The van der Waals surface area contributed by atoms with E-state index in [0.717, 1.165) is 5.56 Å². The number of carboxylic acid groups (broad SMARTS) is 1. The maximum absolute atomic E-state index is 13.0. The SMILES string of the molecule is Cc1ncc(C(=O)O)n1Cc1ccc(F)cc1Br. The number of carboxylic acids is 1. The van der Waals surface area contributed by atoms with Crippen LogP contribution in [0.1, 0.15) is 21.9 Å². The van der Waals surface area contributed by atoms with Gasteiger partial charge in [-0.1, -0.05) is 22.0 Å². The summed E-state index contributed by atoms with van der Waals surface area (Å²) in [5, 5.41) is 9.04. The van der Waals surface area contributed by atoms with Gasteiger partial charge in [0.15, 0.2) is 0 Å².